The second kappa shape index (κ2) is 8.17. The molecule has 1 saturated heterocycles. The van der Waals surface area contributed by atoms with Crippen molar-refractivity contribution in [3.63, 3.8) is 0 Å². The van der Waals surface area contributed by atoms with Gasteiger partial charge in [0.25, 0.3) is 11.8 Å². The molecule has 136 valence electrons. The summed E-state index contributed by atoms with van der Waals surface area (Å²) >= 11 is 0. The summed E-state index contributed by atoms with van der Waals surface area (Å²) in [6, 6.07) is 16.7. The molecule has 1 aliphatic rings. The summed E-state index contributed by atoms with van der Waals surface area (Å²) in [5.74, 6) is 1.11. The van der Waals surface area contributed by atoms with Crippen LogP contribution in [0.25, 0.3) is 0 Å². The van der Waals surface area contributed by atoms with E-state index in [9.17, 15) is 9.59 Å². The quantitative estimate of drug-likeness (QED) is 0.913. The minimum atomic E-state index is -0.0953. The van der Waals surface area contributed by atoms with Crippen LogP contribution < -0.4 is 5.32 Å². The van der Waals surface area contributed by atoms with Crippen LogP contribution in [-0.4, -0.2) is 29.8 Å². The fraction of sp³-hybridized carbons (Fsp3) is 0.364. The molecular weight excluding hydrogens is 324 g/mol. The van der Waals surface area contributed by atoms with Gasteiger partial charge in [0.15, 0.2) is 0 Å². The predicted molar refractivity (Wildman–Crippen MR) is 103 cm³/mol. The lowest BCUT2D eigenvalue weighted by atomic mass is 9.91. The Balaban J connectivity index is 1.58. The summed E-state index contributed by atoms with van der Waals surface area (Å²) in [6.45, 7) is 6.51. The van der Waals surface area contributed by atoms with Gasteiger partial charge in [-0.15, -0.1) is 0 Å². The Morgan fingerprint density at radius 1 is 0.923 bits per heavy atom. The Labute approximate surface area is 155 Å². The molecular formula is C22H26N2O2. The first kappa shape index (κ1) is 18.2. The van der Waals surface area contributed by atoms with Crippen molar-refractivity contribution in [3.8, 4) is 0 Å². The Bertz CT molecular complexity index is 745. The van der Waals surface area contributed by atoms with Gasteiger partial charge >= 0.3 is 0 Å². The van der Waals surface area contributed by atoms with Crippen molar-refractivity contribution in [3.05, 3.63) is 71.3 Å². The van der Waals surface area contributed by atoms with Crippen LogP contribution in [-0.2, 0) is 6.54 Å². The minimum absolute atomic E-state index is 0.0953. The average molecular weight is 350 g/mol. The van der Waals surface area contributed by atoms with E-state index in [2.05, 4.69) is 19.2 Å². The highest BCUT2D eigenvalue weighted by Gasteiger charge is 2.25. The largest absolute Gasteiger partial charge is 0.348 e. The fourth-order valence-electron chi connectivity index (χ4n) is 3.65. The summed E-state index contributed by atoms with van der Waals surface area (Å²) < 4.78 is 0. The number of piperidine rings is 1. The third-order valence-corrected chi connectivity index (χ3v) is 4.85. The molecule has 0 bridgehead atoms. The first-order valence-corrected chi connectivity index (χ1v) is 9.24. The van der Waals surface area contributed by atoms with E-state index in [1.807, 2.05) is 47.4 Å². The monoisotopic (exact) mass is 350 g/mol. The topological polar surface area (TPSA) is 49.4 Å². The number of rotatable bonds is 4. The zero-order valence-corrected chi connectivity index (χ0v) is 15.4. The molecule has 2 atom stereocenters. The standard InChI is InChI=1S/C22H26N2O2/c1-16-12-17(2)15-24(14-16)22(26)20-10-8-18(9-11-20)13-23-21(25)19-6-4-3-5-7-19/h3-11,16-17H,12-15H2,1-2H3,(H,23,25). The van der Waals surface area contributed by atoms with Crippen LogP contribution in [0.2, 0.25) is 0 Å². The van der Waals surface area contributed by atoms with Crippen molar-refractivity contribution in [1.82, 2.24) is 10.2 Å². The van der Waals surface area contributed by atoms with Crippen molar-refractivity contribution < 1.29 is 9.59 Å². The first-order chi connectivity index (χ1) is 12.5. The zero-order valence-electron chi connectivity index (χ0n) is 15.4. The van der Waals surface area contributed by atoms with Crippen LogP contribution in [0.1, 0.15) is 46.5 Å². The van der Waals surface area contributed by atoms with Crippen molar-refractivity contribution in [1.29, 1.82) is 0 Å². The number of amides is 2. The molecule has 4 nitrogen and oxygen atoms in total. The Morgan fingerprint density at radius 3 is 2.15 bits per heavy atom. The second-order valence-corrected chi connectivity index (χ2v) is 7.40. The smallest absolute Gasteiger partial charge is 0.253 e. The SMILES string of the molecule is CC1CC(C)CN(C(=O)c2ccc(CNC(=O)c3ccccc3)cc2)C1. The zero-order chi connectivity index (χ0) is 18.5. The van der Waals surface area contributed by atoms with Crippen molar-refractivity contribution in [2.24, 2.45) is 11.8 Å². The van der Waals surface area contributed by atoms with Gasteiger partial charge in [-0.25, -0.2) is 0 Å². The minimum Gasteiger partial charge on any atom is -0.348 e. The maximum Gasteiger partial charge on any atom is 0.253 e. The van der Waals surface area contributed by atoms with E-state index in [1.54, 1.807) is 12.1 Å². The summed E-state index contributed by atoms with van der Waals surface area (Å²) in [4.78, 5) is 26.8. The third kappa shape index (κ3) is 4.51. The van der Waals surface area contributed by atoms with Gasteiger partial charge in [-0.2, -0.15) is 0 Å². The molecule has 0 spiro atoms. The van der Waals surface area contributed by atoms with Gasteiger partial charge in [0.05, 0.1) is 0 Å². The molecule has 2 aromatic carbocycles. The molecule has 0 saturated carbocycles. The highest BCUT2D eigenvalue weighted by molar-refractivity contribution is 5.95. The van der Waals surface area contributed by atoms with Gasteiger partial charge in [0, 0.05) is 30.8 Å². The molecule has 3 rings (SSSR count). The Hall–Kier alpha value is -2.62. The highest BCUT2D eigenvalue weighted by atomic mass is 16.2. The lowest BCUT2D eigenvalue weighted by Crippen LogP contribution is -2.42. The summed E-state index contributed by atoms with van der Waals surface area (Å²) in [5.41, 5.74) is 2.34. The number of hydrogen-bond acceptors (Lipinski definition) is 2. The first-order valence-electron chi connectivity index (χ1n) is 9.24. The molecule has 0 radical (unpaired) electrons. The van der Waals surface area contributed by atoms with Crippen molar-refractivity contribution in [2.45, 2.75) is 26.8 Å². The number of carbonyl (C=O) groups is 2. The molecule has 2 amide bonds. The molecule has 2 aromatic rings. The molecule has 4 heteroatoms. The van der Waals surface area contributed by atoms with E-state index in [-0.39, 0.29) is 11.8 Å². The molecule has 1 aliphatic heterocycles. The lowest BCUT2D eigenvalue weighted by Gasteiger charge is -2.35. The van der Waals surface area contributed by atoms with Gasteiger partial charge in [-0.05, 0) is 48.1 Å². The summed E-state index contributed by atoms with van der Waals surface area (Å²) in [5, 5.41) is 2.90. The van der Waals surface area contributed by atoms with Crippen LogP contribution in [0, 0.1) is 11.8 Å². The van der Waals surface area contributed by atoms with E-state index in [0.29, 0.717) is 29.5 Å². The average Bonchev–Trinajstić information content (AvgIpc) is 2.66. The van der Waals surface area contributed by atoms with Crippen molar-refractivity contribution in [2.75, 3.05) is 13.1 Å². The maximum atomic E-state index is 12.7. The highest BCUT2D eigenvalue weighted by Crippen LogP contribution is 2.22. The van der Waals surface area contributed by atoms with E-state index >= 15 is 0 Å². The van der Waals surface area contributed by atoms with Gasteiger partial charge < -0.3 is 10.2 Å². The van der Waals surface area contributed by atoms with Crippen molar-refractivity contribution >= 4 is 11.8 Å². The van der Waals surface area contributed by atoms with Crippen LogP contribution >= 0.6 is 0 Å². The van der Waals surface area contributed by atoms with Crippen LogP contribution in [0.5, 0.6) is 0 Å². The molecule has 1 N–H and O–H groups in total. The second-order valence-electron chi connectivity index (χ2n) is 7.40. The van der Waals surface area contributed by atoms with E-state index in [0.717, 1.165) is 18.7 Å². The molecule has 26 heavy (non-hydrogen) atoms. The number of likely N-dealkylation sites (tertiary alicyclic amines) is 1. The lowest BCUT2D eigenvalue weighted by molar-refractivity contribution is 0.0623. The number of benzene rings is 2. The predicted octanol–water partition coefficient (Wildman–Crippen LogP) is 3.73. The third-order valence-electron chi connectivity index (χ3n) is 4.85. The van der Waals surface area contributed by atoms with Crippen LogP contribution in [0.4, 0.5) is 0 Å². The van der Waals surface area contributed by atoms with Gasteiger partial charge in [0.1, 0.15) is 0 Å². The van der Waals surface area contributed by atoms with Gasteiger partial charge in [-0.3, -0.25) is 9.59 Å². The Morgan fingerprint density at radius 2 is 1.54 bits per heavy atom. The summed E-state index contributed by atoms with van der Waals surface area (Å²) in [6.07, 6.45) is 1.18. The number of nitrogens with one attached hydrogen (secondary N) is 1. The van der Waals surface area contributed by atoms with Gasteiger partial charge in [0.2, 0.25) is 0 Å². The molecule has 0 aromatic heterocycles. The molecule has 1 heterocycles. The van der Waals surface area contributed by atoms with E-state index < -0.39 is 0 Å². The maximum absolute atomic E-state index is 12.7. The van der Waals surface area contributed by atoms with E-state index in [1.165, 1.54) is 6.42 Å². The van der Waals surface area contributed by atoms with E-state index in [4.69, 9.17) is 0 Å². The normalized spacial score (nSPS) is 19.8. The number of carbonyl (C=O) groups excluding carboxylic acids is 2. The molecule has 0 aliphatic carbocycles. The molecule has 1 fully saturated rings. The fourth-order valence-corrected chi connectivity index (χ4v) is 3.65. The van der Waals surface area contributed by atoms with Crippen LogP contribution in [0.3, 0.4) is 0 Å². The molecule has 2 unspecified atom stereocenters. The number of nitrogens with zero attached hydrogens (tertiary/aromatic N) is 1. The Kier molecular flexibility index (Phi) is 5.71. The van der Waals surface area contributed by atoms with Crippen LogP contribution in [0.15, 0.2) is 54.6 Å². The van der Waals surface area contributed by atoms with Gasteiger partial charge in [-0.1, -0.05) is 44.2 Å². The summed E-state index contributed by atoms with van der Waals surface area (Å²) in [7, 11) is 0. The number of hydrogen-bond donors (Lipinski definition) is 1.